The number of hydrogen-bond donors (Lipinski definition) is 6. The first-order chi connectivity index (χ1) is 21.8. The Morgan fingerprint density at radius 3 is 1.57 bits per heavy atom. The fourth-order valence-corrected chi connectivity index (χ4v) is 5.89. The van der Waals surface area contributed by atoms with E-state index >= 15 is 0 Å². The van der Waals surface area contributed by atoms with Crippen molar-refractivity contribution in [2.24, 2.45) is 17.0 Å². The van der Waals surface area contributed by atoms with Crippen LogP contribution in [0.4, 0.5) is 16.4 Å². The summed E-state index contributed by atoms with van der Waals surface area (Å²) in [5, 5.41) is 31.0. The summed E-state index contributed by atoms with van der Waals surface area (Å²) in [5.74, 6) is 0.241. The van der Waals surface area contributed by atoms with Crippen molar-refractivity contribution < 1.29 is 123 Å². The Balaban J connectivity index is 0. The van der Waals surface area contributed by atoms with Gasteiger partial charge in [-0.2, -0.15) is 33.2 Å². The predicted molar refractivity (Wildman–Crippen MR) is 164 cm³/mol. The summed E-state index contributed by atoms with van der Waals surface area (Å²) in [5.41, 5.74) is 0.453. The van der Waals surface area contributed by atoms with Crippen LogP contribution in [0.2, 0.25) is 0 Å². The number of hydrogen-bond acceptors (Lipinski definition) is 16. The van der Waals surface area contributed by atoms with Gasteiger partial charge in [-0.3, -0.25) is 19.8 Å². The molecule has 0 aliphatic heterocycles. The molecule has 0 unspecified atom stereocenters. The van der Waals surface area contributed by atoms with Crippen LogP contribution in [0.5, 0.6) is 0 Å². The van der Waals surface area contributed by atoms with Crippen LogP contribution in [-0.2, 0) is 112 Å². The van der Waals surface area contributed by atoms with Gasteiger partial charge in [-0.05, 0) is 46.5 Å². The van der Waals surface area contributed by atoms with Gasteiger partial charge in [-0.1, -0.05) is 0 Å². The number of aromatic nitrogens is 4. The molecule has 0 saturated heterocycles. The molecule has 6 atom stereocenters. The fraction of sp³-hybridized carbons (Fsp3) is 0.667. The van der Waals surface area contributed by atoms with Crippen molar-refractivity contribution >= 4 is 38.3 Å². The Labute approximate surface area is 350 Å². The Bertz CT molecular complexity index is 1580. The molecule has 7 N–H and O–H groups in total. The first-order valence-corrected chi connectivity index (χ1v) is 17.4. The Hall–Kier alpha value is -0.776. The molecule has 18 nitrogen and oxygen atoms in total. The second kappa shape index (κ2) is 23.2. The van der Waals surface area contributed by atoms with Gasteiger partial charge in [0.25, 0.3) is 0 Å². The molecule has 2 saturated carbocycles. The molecule has 2 fully saturated rings. The predicted octanol–water partition coefficient (Wildman–Crippen LogP) is -0.130. The molecule has 24 heteroatoms. The zero-order valence-electron chi connectivity index (χ0n) is 27.9. The molecule has 1 amide bonds. The van der Waals surface area contributed by atoms with Gasteiger partial charge in [0.05, 0.1) is 25.4 Å². The van der Waals surface area contributed by atoms with E-state index in [0.29, 0.717) is 48.7 Å². The summed E-state index contributed by atoms with van der Waals surface area (Å²) in [4.78, 5) is 27.0. The van der Waals surface area contributed by atoms with Crippen LogP contribution >= 0.6 is 0 Å². The number of ether oxygens (including phenoxy) is 1. The normalized spacial score (nSPS) is 22.7. The third kappa shape index (κ3) is 20.5. The topological polar surface area (TPSA) is 267 Å². The van der Waals surface area contributed by atoms with Gasteiger partial charge in [-0.25, -0.2) is 9.93 Å². The van der Waals surface area contributed by atoms with E-state index in [4.69, 9.17) is 14.1 Å². The minimum Gasteiger partial charge on any atom is -0.550 e. The monoisotopic (exact) mass is 1110 g/mol. The largest absolute Gasteiger partial charge is 0.550 e. The zero-order valence-corrected chi connectivity index (χ0v) is 36.1. The molecular weight excluding hydrogens is 1070 g/mol. The van der Waals surface area contributed by atoms with Crippen molar-refractivity contribution in [1.82, 2.24) is 24.7 Å². The smallest absolute Gasteiger partial charge is 0.423 e. The number of amides is 1. The molecule has 300 valence electrons. The number of carbonyl (C=O) groups excluding carboxylic acids is 1. The van der Waals surface area contributed by atoms with Crippen LogP contribution in [0.1, 0.15) is 57.8 Å². The molecule has 51 heavy (non-hydrogen) atoms. The van der Waals surface area contributed by atoms with E-state index < -0.39 is 50.4 Å². The first-order valence-electron chi connectivity index (χ1n) is 14.5. The molecule has 2 aromatic heterocycles. The third-order valence-corrected chi connectivity index (χ3v) is 8.17. The summed E-state index contributed by atoms with van der Waals surface area (Å²) < 4.78 is 61.0. The molecule has 2 aliphatic carbocycles. The van der Waals surface area contributed by atoms with Crippen LogP contribution in [-0.4, -0.2) is 96.2 Å². The number of carbonyl (C=O) groups is 1. The Morgan fingerprint density at radius 1 is 0.784 bits per heavy atom. The molecule has 2 heterocycles. The molecule has 0 aromatic carbocycles. The summed E-state index contributed by atoms with van der Waals surface area (Å²) in [6, 6.07) is 5.68. The quantitative estimate of drug-likeness (QED) is 0.126. The van der Waals surface area contributed by atoms with E-state index in [2.05, 4.69) is 59.5 Å². The number of aryl methyl sites for hydroxylation is 2. The molecule has 0 spiro atoms. The summed E-state index contributed by atoms with van der Waals surface area (Å²) in [6.45, 7) is 7.96. The summed E-state index contributed by atoms with van der Waals surface area (Å²) in [6.07, 6.45) is 4.32. The van der Waals surface area contributed by atoms with Crippen molar-refractivity contribution in [2.45, 2.75) is 90.2 Å². The molecular formula is C27H40N8O10Rh4S2-4. The van der Waals surface area contributed by atoms with Crippen LogP contribution in [0.3, 0.4) is 0 Å². The van der Waals surface area contributed by atoms with E-state index in [0.717, 1.165) is 0 Å². The van der Waals surface area contributed by atoms with Gasteiger partial charge in [0, 0.05) is 114 Å². The van der Waals surface area contributed by atoms with E-state index in [9.17, 15) is 31.8 Å². The minimum atomic E-state index is -4.33. The van der Waals surface area contributed by atoms with Crippen molar-refractivity contribution in [3.8, 4) is 0 Å². The van der Waals surface area contributed by atoms with E-state index in [1.807, 2.05) is 0 Å². The standard InChI is InChI=1S/C16H24N4O6S.C11H16N4O4S.4Rh/c1-10-5-14(18-9-17-10)19-12-6-11(13(21)7-12)8-25-27(23,24)20-15(22)26-16(2,3)4;1-7-2-11(14-6-13-7)15-9-3-8(10(16)4-9)5-19-20(12,17)18;;;;/h11-13,21H,6-8H2,1-4H3,(H,20,22)(H,17,18,19);8-10,16H,3-5H2,1H3,(H2,12,17,18)(H,13,14,15);;;;/q2*-2;;;;/t11-,12+,13-;8-,9+,10-;;;;/m00..../s1. The van der Waals surface area contributed by atoms with E-state index in [-0.39, 0.29) is 109 Å². The van der Waals surface area contributed by atoms with Crippen LogP contribution < -0.4 is 20.5 Å². The number of rotatable bonds is 11. The molecule has 2 aromatic rings. The van der Waals surface area contributed by atoms with Gasteiger partial charge in [0.15, 0.2) is 0 Å². The number of nitrogens with one attached hydrogen (secondary N) is 3. The van der Waals surface area contributed by atoms with Crippen molar-refractivity contribution in [3.63, 3.8) is 0 Å². The third-order valence-electron chi connectivity index (χ3n) is 6.85. The maximum atomic E-state index is 11.8. The number of anilines is 2. The average Bonchev–Trinajstić information content (AvgIpc) is 3.45. The summed E-state index contributed by atoms with van der Waals surface area (Å²) in [7, 11) is -8.31. The van der Waals surface area contributed by atoms with Crippen LogP contribution in [0.15, 0.2) is 0 Å². The Morgan fingerprint density at radius 2 is 1.20 bits per heavy atom. The Kier molecular flexibility index (Phi) is 23.8. The van der Waals surface area contributed by atoms with E-state index in [1.165, 1.54) is 0 Å². The molecule has 2 aliphatic rings. The molecule has 4 radical (unpaired) electrons. The van der Waals surface area contributed by atoms with Crippen molar-refractivity contribution in [3.05, 3.63) is 36.2 Å². The van der Waals surface area contributed by atoms with Crippen LogP contribution in [0, 0.1) is 50.5 Å². The van der Waals surface area contributed by atoms with Crippen LogP contribution in [0.25, 0.3) is 0 Å². The first kappa shape index (κ1) is 52.3. The number of nitrogens with zero attached hydrogens (tertiary/aromatic N) is 4. The minimum absolute atomic E-state index is 0. The van der Waals surface area contributed by atoms with Gasteiger partial charge in [0.1, 0.15) is 5.60 Å². The average molecular weight is 1110 g/mol. The number of nitrogens with two attached hydrogens (primary N) is 1. The maximum absolute atomic E-state index is 11.8. The van der Waals surface area contributed by atoms with Crippen molar-refractivity contribution in [1.29, 1.82) is 0 Å². The summed E-state index contributed by atoms with van der Waals surface area (Å²) >= 11 is 0. The SMILES string of the molecule is Cc1[c-]c(N[C@@H]2C[C@@H](COS(=O)(=O)NC(=O)OC(C)(C)C)[C@@H](O)C2)n[c-]n1.Cc1[c-]c(N[C@@H]2C[C@@H](COS(N)(=O)=O)[C@@H](O)C2)n[c-]n1.[Rh].[Rh].[Rh].[Rh]. The second-order valence-electron chi connectivity index (χ2n) is 12.2. The maximum Gasteiger partial charge on any atom is 0.423 e. The van der Waals surface area contributed by atoms with Gasteiger partial charge in [-0.15, -0.1) is 13.8 Å². The van der Waals surface area contributed by atoms with Crippen molar-refractivity contribution in [2.75, 3.05) is 23.8 Å². The van der Waals surface area contributed by atoms with Gasteiger partial charge in [0.2, 0.25) is 0 Å². The zero-order chi connectivity index (χ0) is 35.0. The number of aliphatic hydroxyl groups excluding tert-OH is 2. The molecule has 0 bridgehead atoms. The number of aliphatic hydroxyl groups is 2. The second-order valence-corrected chi connectivity index (χ2v) is 14.7. The van der Waals surface area contributed by atoms with E-state index in [1.54, 1.807) is 39.3 Å². The molecule has 4 rings (SSSR count). The van der Waals surface area contributed by atoms with Gasteiger partial charge < -0.3 is 57.7 Å². The van der Waals surface area contributed by atoms with Gasteiger partial charge >= 0.3 is 26.7 Å². The fourth-order valence-electron chi connectivity index (χ4n) is 4.87.